The number of amides is 1. The van der Waals surface area contributed by atoms with Crippen molar-refractivity contribution >= 4 is 11.6 Å². The molecule has 4 N–H and O–H groups in total. The molecular formula is C12H12FN3O3. The Kier molecular flexibility index (Phi) is 3.88. The molecule has 0 aliphatic carbocycles. The predicted octanol–water partition coefficient (Wildman–Crippen LogP) is 1.06. The first-order chi connectivity index (χ1) is 9.10. The fourth-order valence-corrected chi connectivity index (χ4v) is 1.40. The smallest absolute Gasteiger partial charge is 0.277 e. The number of halogens is 1. The summed E-state index contributed by atoms with van der Waals surface area (Å²) in [5.74, 6) is -0.946. The molecule has 1 unspecified atom stereocenters. The minimum atomic E-state index is -0.782. The standard InChI is InChI=1S/C12H12FN3O3/c13-7-2-1-3-8(4-7)15-11(18)10-6-19-12(16-10)9(14)5-17/h1-4,6,9,17H,5,14H2,(H,15,18). The van der Waals surface area contributed by atoms with Gasteiger partial charge in [-0.2, -0.15) is 0 Å². The van der Waals surface area contributed by atoms with Crippen molar-refractivity contribution in [2.75, 3.05) is 11.9 Å². The van der Waals surface area contributed by atoms with Gasteiger partial charge in [0.25, 0.3) is 5.91 Å². The van der Waals surface area contributed by atoms with Crippen LogP contribution in [0.4, 0.5) is 10.1 Å². The van der Waals surface area contributed by atoms with E-state index >= 15 is 0 Å². The maximum atomic E-state index is 12.9. The van der Waals surface area contributed by atoms with Crippen LogP contribution in [-0.2, 0) is 0 Å². The molecule has 1 aromatic heterocycles. The number of carbonyl (C=O) groups excluding carboxylic acids is 1. The molecule has 2 rings (SSSR count). The number of aromatic nitrogens is 1. The molecule has 7 heteroatoms. The summed E-state index contributed by atoms with van der Waals surface area (Å²) in [6.07, 6.45) is 1.12. The van der Waals surface area contributed by atoms with E-state index < -0.39 is 17.8 Å². The van der Waals surface area contributed by atoms with Crippen molar-refractivity contribution in [3.63, 3.8) is 0 Å². The van der Waals surface area contributed by atoms with Crippen molar-refractivity contribution in [2.24, 2.45) is 5.73 Å². The highest BCUT2D eigenvalue weighted by Crippen LogP contribution is 2.13. The predicted molar refractivity (Wildman–Crippen MR) is 64.9 cm³/mol. The van der Waals surface area contributed by atoms with Crippen molar-refractivity contribution in [3.8, 4) is 0 Å². The number of aliphatic hydroxyl groups excluding tert-OH is 1. The zero-order valence-electron chi connectivity index (χ0n) is 9.84. The third-order valence-corrected chi connectivity index (χ3v) is 2.35. The number of benzene rings is 1. The molecule has 0 fully saturated rings. The SMILES string of the molecule is NC(CO)c1nc(C(=O)Nc2cccc(F)c2)co1. The quantitative estimate of drug-likeness (QED) is 0.767. The minimum Gasteiger partial charge on any atom is -0.446 e. The van der Waals surface area contributed by atoms with E-state index in [1.54, 1.807) is 6.07 Å². The fourth-order valence-electron chi connectivity index (χ4n) is 1.40. The Morgan fingerprint density at radius 2 is 2.37 bits per heavy atom. The van der Waals surface area contributed by atoms with Gasteiger partial charge < -0.3 is 20.6 Å². The number of hydrogen-bond donors (Lipinski definition) is 3. The maximum absolute atomic E-state index is 12.9. The van der Waals surface area contributed by atoms with Gasteiger partial charge in [-0.3, -0.25) is 4.79 Å². The molecule has 0 saturated heterocycles. The third-order valence-electron chi connectivity index (χ3n) is 2.35. The number of nitrogens with two attached hydrogens (primary N) is 1. The van der Waals surface area contributed by atoms with Crippen LogP contribution >= 0.6 is 0 Å². The first-order valence-electron chi connectivity index (χ1n) is 5.49. The van der Waals surface area contributed by atoms with E-state index in [1.165, 1.54) is 18.2 Å². The second-order valence-electron chi connectivity index (χ2n) is 3.82. The van der Waals surface area contributed by atoms with Crippen LogP contribution < -0.4 is 11.1 Å². The minimum absolute atomic E-state index is 0.00293. The molecule has 0 bridgehead atoms. The third kappa shape index (κ3) is 3.15. The van der Waals surface area contributed by atoms with Crippen molar-refractivity contribution in [3.05, 3.63) is 47.9 Å². The number of hydrogen-bond acceptors (Lipinski definition) is 5. The number of aliphatic hydroxyl groups is 1. The van der Waals surface area contributed by atoms with Crippen molar-refractivity contribution in [1.82, 2.24) is 4.98 Å². The first kappa shape index (κ1) is 13.2. The zero-order valence-corrected chi connectivity index (χ0v) is 9.84. The lowest BCUT2D eigenvalue weighted by molar-refractivity contribution is 0.102. The highest BCUT2D eigenvalue weighted by Gasteiger charge is 2.16. The summed E-state index contributed by atoms with van der Waals surface area (Å²) in [6.45, 7) is -0.342. The van der Waals surface area contributed by atoms with E-state index in [0.29, 0.717) is 5.69 Å². The van der Waals surface area contributed by atoms with Crippen molar-refractivity contribution in [1.29, 1.82) is 0 Å². The van der Waals surface area contributed by atoms with Gasteiger partial charge in [0.2, 0.25) is 5.89 Å². The van der Waals surface area contributed by atoms with E-state index in [9.17, 15) is 9.18 Å². The Balaban J connectivity index is 2.10. The van der Waals surface area contributed by atoms with Gasteiger partial charge in [0.15, 0.2) is 5.69 Å². The lowest BCUT2D eigenvalue weighted by Crippen LogP contribution is -2.16. The Morgan fingerprint density at radius 3 is 3.05 bits per heavy atom. The Morgan fingerprint density at radius 1 is 1.58 bits per heavy atom. The second-order valence-corrected chi connectivity index (χ2v) is 3.82. The summed E-state index contributed by atoms with van der Waals surface area (Å²) in [5, 5.41) is 11.3. The molecule has 100 valence electrons. The molecule has 0 radical (unpaired) electrons. The molecule has 1 atom stereocenters. The van der Waals surface area contributed by atoms with Gasteiger partial charge in [0.05, 0.1) is 6.61 Å². The molecular weight excluding hydrogens is 253 g/mol. The molecule has 2 aromatic rings. The van der Waals surface area contributed by atoms with Gasteiger partial charge >= 0.3 is 0 Å². The van der Waals surface area contributed by atoms with Gasteiger partial charge in [-0.25, -0.2) is 9.37 Å². The number of nitrogens with one attached hydrogen (secondary N) is 1. The Hall–Kier alpha value is -2.25. The van der Waals surface area contributed by atoms with Crippen LogP contribution in [0.1, 0.15) is 22.4 Å². The van der Waals surface area contributed by atoms with Crippen LogP contribution in [0.5, 0.6) is 0 Å². The van der Waals surface area contributed by atoms with E-state index in [4.69, 9.17) is 15.3 Å². The number of rotatable bonds is 4. The highest BCUT2D eigenvalue weighted by molar-refractivity contribution is 6.02. The summed E-state index contributed by atoms with van der Waals surface area (Å²) >= 11 is 0. The molecule has 0 aliphatic rings. The van der Waals surface area contributed by atoms with Crippen LogP contribution in [0.15, 0.2) is 34.9 Å². The Labute approximate surface area is 108 Å². The van der Waals surface area contributed by atoms with Gasteiger partial charge in [0, 0.05) is 5.69 Å². The number of anilines is 1. The first-order valence-corrected chi connectivity index (χ1v) is 5.49. The largest absolute Gasteiger partial charge is 0.446 e. The molecule has 1 amide bonds. The van der Waals surface area contributed by atoms with Gasteiger partial charge in [0.1, 0.15) is 18.1 Å². The maximum Gasteiger partial charge on any atom is 0.277 e. The zero-order chi connectivity index (χ0) is 13.8. The number of carbonyl (C=O) groups is 1. The summed E-state index contributed by atoms with van der Waals surface area (Å²) in [6, 6.07) is 4.68. The van der Waals surface area contributed by atoms with E-state index in [-0.39, 0.29) is 18.2 Å². The van der Waals surface area contributed by atoms with Crippen LogP contribution in [0.2, 0.25) is 0 Å². The van der Waals surface area contributed by atoms with Crippen LogP contribution in [0, 0.1) is 5.82 Å². The molecule has 0 saturated carbocycles. The lowest BCUT2D eigenvalue weighted by Gasteiger charge is -2.02. The van der Waals surface area contributed by atoms with Crippen molar-refractivity contribution < 1.29 is 18.7 Å². The molecule has 19 heavy (non-hydrogen) atoms. The monoisotopic (exact) mass is 265 g/mol. The normalized spacial score (nSPS) is 12.2. The van der Waals surface area contributed by atoms with E-state index in [2.05, 4.69) is 10.3 Å². The molecule has 6 nitrogen and oxygen atoms in total. The van der Waals surface area contributed by atoms with E-state index in [0.717, 1.165) is 6.26 Å². The molecule has 0 spiro atoms. The van der Waals surface area contributed by atoms with Crippen LogP contribution in [0.25, 0.3) is 0 Å². The summed E-state index contributed by atoms with van der Waals surface area (Å²) in [7, 11) is 0. The summed E-state index contributed by atoms with van der Waals surface area (Å²) in [5.41, 5.74) is 5.80. The van der Waals surface area contributed by atoms with Crippen molar-refractivity contribution in [2.45, 2.75) is 6.04 Å². The molecule has 0 aliphatic heterocycles. The van der Waals surface area contributed by atoms with Crippen LogP contribution in [0.3, 0.4) is 0 Å². The highest BCUT2D eigenvalue weighted by atomic mass is 19.1. The van der Waals surface area contributed by atoms with E-state index in [1.807, 2.05) is 0 Å². The Bertz CT molecular complexity index is 585. The van der Waals surface area contributed by atoms with Crippen LogP contribution in [-0.4, -0.2) is 22.6 Å². The number of nitrogens with zero attached hydrogens (tertiary/aromatic N) is 1. The van der Waals surface area contributed by atoms with Gasteiger partial charge in [-0.15, -0.1) is 0 Å². The fraction of sp³-hybridized carbons (Fsp3) is 0.167. The summed E-state index contributed by atoms with van der Waals surface area (Å²) < 4.78 is 17.9. The number of oxazole rings is 1. The molecule has 1 heterocycles. The second kappa shape index (κ2) is 5.59. The average molecular weight is 265 g/mol. The van der Waals surface area contributed by atoms with Gasteiger partial charge in [-0.1, -0.05) is 6.07 Å². The average Bonchev–Trinajstić information content (AvgIpc) is 2.87. The topological polar surface area (TPSA) is 101 Å². The van der Waals surface area contributed by atoms with Gasteiger partial charge in [-0.05, 0) is 18.2 Å². The lowest BCUT2D eigenvalue weighted by atomic mass is 10.3. The summed E-state index contributed by atoms with van der Waals surface area (Å²) in [4.78, 5) is 15.6. The molecule has 1 aromatic carbocycles.